The molecule has 0 amide bonds. The van der Waals surface area contributed by atoms with Crippen LogP contribution in [0.3, 0.4) is 0 Å². The molecule has 0 fully saturated rings. The van der Waals surface area contributed by atoms with Crippen LogP contribution < -0.4 is 0 Å². The van der Waals surface area contributed by atoms with Crippen molar-refractivity contribution in [2.24, 2.45) is 0 Å². The van der Waals surface area contributed by atoms with Gasteiger partial charge in [0.15, 0.2) is 0 Å². The van der Waals surface area contributed by atoms with Gasteiger partial charge >= 0.3 is 0 Å². The molecule has 0 spiro atoms. The third-order valence-electron chi connectivity index (χ3n) is 8.07. The molecule has 0 aliphatic carbocycles. The molecule has 0 bridgehead atoms. The van der Waals surface area contributed by atoms with Crippen molar-refractivity contribution in [1.82, 2.24) is 0 Å². The summed E-state index contributed by atoms with van der Waals surface area (Å²) in [5.74, 6) is 0. The van der Waals surface area contributed by atoms with E-state index in [1.54, 1.807) is 0 Å². The number of benzene rings is 7. The van der Waals surface area contributed by atoms with Crippen LogP contribution in [-0.4, -0.2) is 0 Å². The summed E-state index contributed by atoms with van der Waals surface area (Å²) in [7, 11) is 0. The number of hydrogen-bond donors (Lipinski definition) is 0. The molecule has 15 heteroatoms. The predicted molar refractivity (Wildman–Crippen MR) is 284 cm³/mol. The van der Waals surface area contributed by atoms with E-state index in [1.165, 1.54) is 0 Å². The maximum absolute atomic E-state index is 5.38. The standard InChI is InChI=1S/3C14H12S2.C6H6S6.3Ni/c3*15-13(11-7-3-1-4-8-11)14(16)12-9-5-2-6-10-12;7-1-2(8)4(10)6(12)5(11)3(1)9;;;/h3*1-10,15-16H;7-12H;;;/p-12. The molecule has 0 heterocycles. The van der Waals surface area contributed by atoms with Crippen molar-refractivity contribution in [2.45, 2.75) is 29.4 Å². The van der Waals surface area contributed by atoms with Gasteiger partial charge in [-0.15, -0.1) is 0 Å². The van der Waals surface area contributed by atoms with Crippen LogP contribution in [0.4, 0.5) is 0 Å². The quantitative estimate of drug-likeness (QED) is 0.0885. The van der Waals surface area contributed by atoms with Gasteiger partial charge < -0.3 is 152 Å². The minimum Gasteiger partial charge on any atom is -0.783 e. The van der Waals surface area contributed by atoms with Gasteiger partial charge in [-0.3, -0.25) is 0 Å². The van der Waals surface area contributed by atoms with Crippen LogP contribution in [0.1, 0.15) is 33.4 Å². The average Bonchev–Trinajstić information content (AvgIpc) is 3.33. The molecule has 7 rings (SSSR count). The van der Waals surface area contributed by atoms with E-state index in [9.17, 15) is 0 Å². The summed E-state index contributed by atoms with van der Waals surface area (Å²) in [6.45, 7) is 0. The molecule has 0 unspecified atom stereocenters. The molecule has 7 aromatic carbocycles. The maximum atomic E-state index is 5.38. The van der Waals surface area contributed by atoms with E-state index >= 15 is 0 Å². The van der Waals surface area contributed by atoms with Crippen LogP contribution in [0.2, 0.25) is 0 Å². The molecular weight excluding hydrogens is 1140 g/mol. The van der Waals surface area contributed by atoms with E-state index in [4.69, 9.17) is 152 Å². The summed E-state index contributed by atoms with van der Waals surface area (Å²) < 4.78 is 0. The van der Waals surface area contributed by atoms with E-state index in [0.717, 1.165) is 62.8 Å². The molecule has 0 saturated carbocycles. The van der Waals surface area contributed by atoms with Gasteiger partial charge in [0.25, 0.3) is 0 Å². The van der Waals surface area contributed by atoms with Crippen molar-refractivity contribution in [3.63, 3.8) is 0 Å². The summed E-state index contributed by atoms with van der Waals surface area (Å²) in [6, 6.07) is 59.2. The second kappa shape index (κ2) is 31.0. The van der Waals surface area contributed by atoms with Crippen LogP contribution in [-0.2, 0) is 201 Å². The third-order valence-corrected chi connectivity index (χ3v) is 14.3. The Balaban J connectivity index is 0.000000416. The summed E-state index contributed by atoms with van der Waals surface area (Å²) in [5.41, 5.74) is 6.04. The first-order valence-corrected chi connectivity index (χ1v) is 22.6. The Morgan fingerprint density at radius 3 is 0.381 bits per heavy atom. The largest absolute Gasteiger partial charge is 0.783 e. The summed E-state index contributed by atoms with van der Waals surface area (Å²) >= 11 is 62.0. The number of hydrogen-bond acceptors (Lipinski definition) is 12. The van der Waals surface area contributed by atoms with Gasteiger partial charge in [-0.2, -0.15) is 29.4 Å². The Morgan fingerprint density at radius 2 is 0.286 bits per heavy atom. The SMILES string of the molecule is [Ni].[Ni].[Ni].[S-]C(=C([S-])c1ccccc1)c1ccccc1.[S-]C(=C([S-])c1ccccc1)c1ccccc1.[S-]C(=C([S-])c1ccccc1)c1ccccc1.[S-]c1c([S-])c([S-])c([S-])c([S-])c1[S-]. The fourth-order valence-corrected chi connectivity index (χ4v) is 8.08. The molecule has 0 nitrogen and oxygen atoms in total. The Bertz CT molecular complexity index is 2050. The Kier molecular flexibility index (Phi) is 28.9. The third kappa shape index (κ3) is 17.9. The molecule has 0 aromatic heterocycles. The van der Waals surface area contributed by atoms with Gasteiger partial charge in [0.05, 0.1) is 0 Å². The van der Waals surface area contributed by atoms with Crippen LogP contribution in [0.25, 0.3) is 29.4 Å². The van der Waals surface area contributed by atoms with Crippen molar-refractivity contribution >= 4 is 181 Å². The maximum Gasteiger partial charge on any atom is 0 e. The second-order valence-electron chi connectivity index (χ2n) is 12.1. The molecule has 0 aliphatic heterocycles. The molecular formula is C48H30Ni3S12-12. The van der Waals surface area contributed by atoms with Crippen LogP contribution in [0, 0.1) is 0 Å². The van der Waals surface area contributed by atoms with E-state index < -0.39 is 0 Å². The Hall–Kier alpha value is -2.12. The van der Waals surface area contributed by atoms with E-state index in [0.29, 0.717) is 29.4 Å². The smallest absolute Gasteiger partial charge is 0 e. The predicted octanol–water partition coefficient (Wildman–Crippen LogP) is 11.9. The molecule has 0 N–H and O–H groups in total. The second-order valence-corrected chi connectivity index (χ2v) is 17.0. The molecule has 336 valence electrons. The zero-order chi connectivity index (χ0) is 43.6. The van der Waals surface area contributed by atoms with Crippen LogP contribution in [0.15, 0.2) is 211 Å². The zero-order valence-electron chi connectivity index (χ0n) is 32.2. The molecule has 0 saturated heterocycles. The first kappa shape index (κ1) is 58.9. The van der Waals surface area contributed by atoms with Crippen molar-refractivity contribution in [3.8, 4) is 0 Å². The fourth-order valence-electron chi connectivity index (χ4n) is 4.94. The molecule has 0 aliphatic rings. The van der Waals surface area contributed by atoms with Crippen molar-refractivity contribution in [3.05, 3.63) is 215 Å². The van der Waals surface area contributed by atoms with Gasteiger partial charge in [0.2, 0.25) is 0 Å². The minimum atomic E-state index is 0. The first-order chi connectivity index (χ1) is 28.8. The van der Waals surface area contributed by atoms with Crippen LogP contribution in [0.5, 0.6) is 0 Å². The van der Waals surface area contributed by atoms with E-state index in [2.05, 4.69) is 0 Å². The molecule has 7 aromatic rings. The van der Waals surface area contributed by atoms with Crippen molar-refractivity contribution in [2.75, 3.05) is 0 Å². The first-order valence-electron chi connectivity index (χ1n) is 17.7. The van der Waals surface area contributed by atoms with Gasteiger partial charge in [-0.05, 0) is 33.4 Å². The molecule has 0 atom stereocenters. The average molecular weight is 1170 g/mol. The fraction of sp³-hybridized carbons (Fsp3) is 0. The van der Waals surface area contributed by atoms with Gasteiger partial charge in [-0.1, -0.05) is 182 Å². The Labute approximate surface area is 469 Å². The summed E-state index contributed by atoms with van der Waals surface area (Å²) in [6.07, 6.45) is 0. The van der Waals surface area contributed by atoms with Gasteiger partial charge in [-0.25, -0.2) is 29.4 Å². The summed E-state index contributed by atoms with van der Waals surface area (Å²) in [5, 5.41) is 0. The van der Waals surface area contributed by atoms with E-state index in [1.807, 2.05) is 182 Å². The van der Waals surface area contributed by atoms with Crippen molar-refractivity contribution < 1.29 is 49.5 Å². The number of rotatable bonds is 6. The van der Waals surface area contributed by atoms with Crippen LogP contribution >= 0.6 is 0 Å². The zero-order valence-corrected chi connectivity index (χ0v) is 44.9. The molecule has 0 radical (unpaired) electrons. The topological polar surface area (TPSA) is 0 Å². The van der Waals surface area contributed by atoms with Gasteiger partial charge in [0, 0.05) is 49.5 Å². The van der Waals surface area contributed by atoms with Gasteiger partial charge in [0.1, 0.15) is 0 Å². The van der Waals surface area contributed by atoms with E-state index in [-0.39, 0.29) is 49.5 Å². The molecule has 63 heavy (non-hydrogen) atoms. The Morgan fingerprint density at radius 1 is 0.190 bits per heavy atom. The normalized spacial score (nSPS) is 11.0. The monoisotopic (exact) mass is 1160 g/mol. The van der Waals surface area contributed by atoms with Crippen molar-refractivity contribution in [1.29, 1.82) is 0 Å². The summed E-state index contributed by atoms with van der Waals surface area (Å²) in [4.78, 5) is 6.78. The minimum absolute atomic E-state index is 0.